The van der Waals surface area contributed by atoms with Crippen LogP contribution in [0, 0.1) is 0 Å². The molecule has 2 rings (SSSR count). The van der Waals surface area contributed by atoms with Crippen LogP contribution in [0.3, 0.4) is 0 Å². The Hall–Kier alpha value is -1.26. The molecule has 1 aromatic rings. The van der Waals surface area contributed by atoms with Crippen molar-refractivity contribution in [1.82, 2.24) is 4.90 Å². The molecular formula is C13H17ClN2O2. The van der Waals surface area contributed by atoms with Gasteiger partial charge in [0, 0.05) is 20.2 Å². The highest BCUT2D eigenvalue weighted by molar-refractivity contribution is 6.36. The maximum atomic E-state index is 12.4. The fourth-order valence-electron chi connectivity index (χ4n) is 2.20. The minimum Gasteiger partial charge on any atom is -0.398 e. The number of rotatable bonds is 2. The number of carbonyl (C=O) groups is 1. The van der Waals surface area contributed by atoms with Crippen molar-refractivity contribution in [1.29, 1.82) is 0 Å². The second-order valence-corrected chi connectivity index (χ2v) is 4.84. The summed E-state index contributed by atoms with van der Waals surface area (Å²) in [7, 11) is 1.67. The molecule has 98 valence electrons. The number of methoxy groups -OCH3 is 1. The molecule has 4 nitrogen and oxygen atoms in total. The van der Waals surface area contributed by atoms with Gasteiger partial charge in [-0.2, -0.15) is 0 Å². The number of likely N-dealkylation sites (tertiary alicyclic amines) is 1. The van der Waals surface area contributed by atoms with Crippen LogP contribution in [0.5, 0.6) is 0 Å². The van der Waals surface area contributed by atoms with Gasteiger partial charge >= 0.3 is 0 Å². The summed E-state index contributed by atoms with van der Waals surface area (Å²) in [6.07, 6.45) is 2.05. The Morgan fingerprint density at radius 1 is 1.56 bits per heavy atom. The number of anilines is 1. The van der Waals surface area contributed by atoms with Crippen LogP contribution in [0.25, 0.3) is 0 Å². The van der Waals surface area contributed by atoms with Gasteiger partial charge in [-0.3, -0.25) is 4.79 Å². The lowest BCUT2D eigenvalue weighted by atomic mass is 10.1. The predicted octanol–water partition coefficient (Wildman–Crippen LogP) is 2.17. The van der Waals surface area contributed by atoms with Crippen LogP contribution in [0.4, 0.5) is 5.69 Å². The number of halogens is 1. The summed E-state index contributed by atoms with van der Waals surface area (Å²) in [5.41, 5.74) is 6.61. The number of ether oxygens (including phenoxy) is 1. The Morgan fingerprint density at radius 3 is 3.06 bits per heavy atom. The highest BCUT2D eigenvalue weighted by Crippen LogP contribution is 2.25. The number of nitrogens with zero attached hydrogens (tertiary/aromatic N) is 1. The number of nitrogens with two attached hydrogens (primary N) is 1. The highest BCUT2D eigenvalue weighted by atomic mass is 35.5. The van der Waals surface area contributed by atoms with Crippen LogP contribution in [0.1, 0.15) is 23.2 Å². The first kappa shape index (κ1) is 13.2. The van der Waals surface area contributed by atoms with Crippen molar-refractivity contribution in [3.63, 3.8) is 0 Å². The number of benzene rings is 1. The molecular weight excluding hydrogens is 252 g/mol. The van der Waals surface area contributed by atoms with Crippen molar-refractivity contribution >= 4 is 23.2 Å². The predicted molar refractivity (Wildman–Crippen MR) is 71.8 cm³/mol. The van der Waals surface area contributed by atoms with Crippen LogP contribution in [0.15, 0.2) is 18.2 Å². The molecule has 1 unspecified atom stereocenters. The quantitative estimate of drug-likeness (QED) is 0.837. The van der Waals surface area contributed by atoms with Crippen LogP contribution in [-0.4, -0.2) is 37.1 Å². The number of nitrogen functional groups attached to an aromatic ring is 1. The second kappa shape index (κ2) is 5.59. The van der Waals surface area contributed by atoms with E-state index in [0.717, 1.165) is 19.4 Å². The van der Waals surface area contributed by atoms with Crippen molar-refractivity contribution in [3.05, 3.63) is 28.8 Å². The number of hydrogen-bond acceptors (Lipinski definition) is 3. The molecule has 0 aromatic heterocycles. The summed E-state index contributed by atoms with van der Waals surface area (Å²) in [5.74, 6) is -0.0750. The van der Waals surface area contributed by atoms with Gasteiger partial charge in [0.25, 0.3) is 5.91 Å². The van der Waals surface area contributed by atoms with E-state index < -0.39 is 0 Å². The molecule has 1 heterocycles. The lowest BCUT2D eigenvalue weighted by Gasteiger charge is -2.32. The van der Waals surface area contributed by atoms with Crippen molar-refractivity contribution in [2.24, 2.45) is 0 Å². The normalized spacial score (nSPS) is 19.9. The number of hydrogen-bond donors (Lipinski definition) is 1. The lowest BCUT2D eigenvalue weighted by molar-refractivity contribution is 0.0269. The summed E-state index contributed by atoms with van der Waals surface area (Å²) in [6, 6.07) is 5.14. The highest BCUT2D eigenvalue weighted by Gasteiger charge is 2.25. The fourth-order valence-corrected chi connectivity index (χ4v) is 2.41. The van der Waals surface area contributed by atoms with Gasteiger partial charge in [0.05, 0.1) is 22.4 Å². The van der Waals surface area contributed by atoms with Gasteiger partial charge in [-0.1, -0.05) is 17.7 Å². The lowest BCUT2D eigenvalue weighted by Crippen LogP contribution is -2.43. The van der Waals surface area contributed by atoms with E-state index in [2.05, 4.69) is 0 Å². The maximum absolute atomic E-state index is 12.4. The molecule has 5 heteroatoms. The zero-order valence-corrected chi connectivity index (χ0v) is 11.1. The van der Waals surface area contributed by atoms with Crippen molar-refractivity contribution < 1.29 is 9.53 Å². The van der Waals surface area contributed by atoms with E-state index in [9.17, 15) is 4.79 Å². The van der Waals surface area contributed by atoms with Crippen molar-refractivity contribution in [2.45, 2.75) is 18.9 Å². The smallest absolute Gasteiger partial charge is 0.255 e. The molecule has 1 atom stereocenters. The molecule has 1 saturated heterocycles. The van der Waals surface area contributed by atoms with Gasteiger partial charge in [0.15, 0.2) is 0 Å². The van der Waals surface area contributed by atoms with E-state index in [1.165, 1.54) is 0 Å². The first-order valence-corrected chi connectivity index (χ1v) is 6.37. The second-order valence-electron chi connectivity index (χ2n) is 4.46. The van der Waals surface area contributed by atoms with E-state index in [0.29, 0.717) is 22.8 Å². The SMILES string of the molecule is COC1CCCN(C(=O)c2cccc(N)c2Cl)C1. The van der Waals surface area contributed by atoms with E-state index in [4.69, 9.17) is 22.1 Å². The number of piperidine rings is 1. The molecule has 1 fully saturated rings. The zero-order valence-electron chi connectivity index (χ0n) is 10.4. The maximum Gasteiger partial charge on any atom is 0.255 e. The van der Waals surface area contributed by atoms with E-state index in [-0.39, 0.29) is 12.0 Å². The molecule has 1 aliphatic rings. The summed E-state index contributed by atoms with van der Waals surface area (Å²) >= 11 is 6.07. The minimum absolute atomic E-state index is 0.0750. The van der Waals surface area contributed by atoms with Crippen LogP contribution in [0.2, 0.25) is 5.02 Å². The average molecular weight is 269 g/mol. The van der Waals surface area contributed by atoms with Gasteiger partial charge in [0.1, 0.15) is 0 Å². The zero-order chi connectivity index (χ0) is 13.1. The fraction of sp³-hybridized carbons (Fsp3) is 0.462. The van der Waals surface area contributed by atoms with Crippen LogP contribution >= 0.6 is 11.6 Å². The monoisotopic (exact) mass is 268 g/mol. The van der Waals surface area contributed by atoms with Crippen LogP contribution < -0.4 is 5.73 Å². The van der Waals surface area contributed by atoms with E-state index in [1.54, 1.807) is 30.2 Å². The van der Waals surface area contributed by atoms with Crippen LogP contribution in [-0.2, 0) is 4.74 Å². The standard InChI is InChI=1S/C13H17ClN2O2/c1-18-9-4-3-7-16(8-9)13(17)10-5-2-6-11(15)12(10)14/h2,5-6,9H,3-4,7-8,15H2,1H3. The van der Waals surface area contributed by atoms with Crippen molar-refractivity contribution in [2.75, 3.05) is 25.9 Å². The summed E-state index contributed by atoms with van der Waals surface area (Å²) < 4.78 is 5.31. The van der Waals surface area contributed by atoms with E-state index in [1.807, 2.05) is 0 Å². The van der Waals surface area contributed by atoms with Gasteiger partial charge in [-0.15, -0.1) is 0 Å². The molecule has 0 bridgehead atoms. The summed E-state index contributed by atoms with van der Waals surface area (Å²) in [6.45, 7) is 1.35. The van der Waals surface area contributed by atoms with Gasteiger partial charge in [0.2, 0.25) is 0 Å². The summed E-state index contributed by atoms with van der Waals surface area (Å²) in [4.78, 5) is 14.1. The van der Waals surface area contributed by atoms with Gasteiger partial charge < -0.3 is 15.4 Å². The Kier molecular flexibility index (Phi) is 4.09. The third-order valence-electron chi connectivity index (χ3n) is 3.26. The van der Waals surface area contributed by atoms with Gasteiger partial charge in [-0.05, 0) is 25.0 Å². The Bertz CT molecular complexity index is 451. The molecule has 0 aliphatic carbocycles. The molecule has 0 saturated carbocycles. The third kappa shape index (κ3) is 2.60. The molecule has 1 aromatic carbocycles. The minimum atomic E-state index is -0.0750. The number of carbonyl (C=O) groups excluding carboxylic acids is 1. The topological polar surface area (TPSA) is 55.6 Å². The Morgan fingerprint density at radius 2 is 2.33 bits per heavy atom. The molecule has 2 N–H and O–H groups in total. The first-order valence-electron chi connectivity index (χ1n) is 5.99. The average Bonchev–Trinajstić information content (AvgIpc) is 2.41. The largest absolute Gasteiger partial charge is 0.398 e. The molecule has 18 heavy (non-hydrogen) atoms. The summed E-state index contributed by atoms with van der Waals surface area (Å²) in [5, 5.41) is 0.335. The Labute approximate surface area is 112 Å². The van der Waals surface area contributed by atoms with Gasteiger partial charge in [-0.25, -0.2) is 0 Å². The Balaban J connectivity index is 2.18. The number of amides is 1. The first-order chi connectivity index (χ1) is 8.63. The molecule has 1 amide bonds. The van der Waals surface area contributed by atoms with E-state index >= 15 is 0 Å². The molecule has 0 radical (unpaired) electrons. The van der Waals surface area contributed by atoms with Crippen molar-refractivity contribution in [3.8, 4) is 0 Å². The third-order valence-corrected chi connectivity index (χ3v) is 3.68. The molecule has 1 aliphatic heterocycles. The molecule has 0 spiro atoms.